The number of hydrogen-bond donors (Lipinski definition) is 17. The Bertz CT molecular complexity index is 3200. The summed E-state index contributed by atoms with van der Waals surface area (Å²) in [6.45, 7) is 11.5. The lowest BCUT2D eigenvalue weighted by Crippen LogP contribution is -2.62. The normalized spacial score (nSPS) is 28.9. The van der Waals surface area contributed by atoms with Crippen molar-refractivity contribution in [1.82, 2.24) is 78.5 Å². The summed E-state index contributed by atoms with van der Waals surface area (Å²) in [5.41, 5.74) is 11.1. The quantitative estimate of drug-likeness (QED) is 0.0306. The van der Waals surface area contributed by atoms with Gasteiger partial charge in [-0.3, -0.25) is 82.2 Å². The molecule has 0 aliphatic carbocycles. The second kappa shape index (κ2) is 44.0. The molecule has 0 radical (unpaired) electrons. The van der Waals surface area contributed by atoms with E-state index in [0.717, 1.165) is 21.6 Å². The summed E-state index contributed by atoms with van der Waals surface area (Å²) in [4.78, 5) is 237. The van der Waals surface area contributed by atoms with Gasteiger partial charge in [0.15, 0.2) is 5.96 Å². The van der Waals surface area contributed by atoms with E-state index in [1.165, 1.54) is 14.7 Å². The van der Waals surface area contributed by atoms with Crippen LogP contribution >= 0.6 is 21.6 Å². The maximum absolute atomic E-state index is 15.2. The fraction of sp³-hybridized carbons (Fsp3) is 0.750. The number of fused-ring (bicyclic) bond motifs is 8. The van der Waals surface area contributed by atoms with Crippen LogP contribution in [0.2, 0.25) is 0 Å². The highest BCUT2D eigenvalue weighted by molar-refractivity contribution is 8.76. The van der Waals surface area contributed by atoms with Crippen molar-refractivity contribution in [3.05, 3.63) is 0 Å². The Labute approximate surface area is 630 Å². The Morgan fingerprint density at radius 1 is 0.486 bits per heavy atom. The molecule has 5 aliphatic rings. The number of aliphatic hydroxyl groups is 2. The van der Waals surface area contributed by atoms with Gasteiger partial charge in [-0.1, -0.05) is 103 Å². The lowest BCUT2D eigenvalue weighted by molar-refractivity contribution is -0.148. The van der Waals surface area contributed by atoms with Gasteiger partial charge in [0, 0.05) is 50.7 Å². The number of nitrogens with one attached hydrogen (secondary N) is 12. The van der Waals surface area contributed by atoms with Crippen LogP contribution in [-0.4, -0.2) is 267 Å². The Morgan fingerprint density at radius 2 is 0.935 bits per heavy atom. The molecular weight excluding hydrogens is 1440 g/mol. The van der Waals surface area contributed by atoms with Crippen molar-refractivity contribution in [2.45, 2.75) is 243 Å². The minimum atomic E-state index is -1.92. The fourth-order valence-corrected chi connectivity index (χ4v) is 15.4. The molecule has 5 saturated heterocycles. The maximum Gasteiger partial charge on any atom is 0.322 e. The number of carbonyl (C=O) groups excluding carboxylic acids is 15. The summed E-state index contributed by atoms with van der Waals surface area (Å²) in [5.74, 6) is -17.4. The smallest absolute Gasteiger partial charge is 0.322 e. The molecular formula is C68H112N18O19S2. The van der Waals surface area contributed by atoms with Gasteiger partial charge in [-0.25, -0.2) is 4.79 Å². The zero-order chi connectivity index (χ0) is 79.4. The SMILES string of the molecule is CC[C@H](C)[C@@H]1NC(=O)NC(=O)CCCCCNC(=O)[C@H](CC(=O)O)NC(=O)[C@@H]2CCCN2C(=O)[C@H]([C@@H](C)CC)NC(=O)[C@@H]2CSSC[C@H](NC1=O)C(=O)N[C@@H](CO)C(=O)N[C@@H](CCCN=C(N)N)C(=O)N[C@@H](CO)C(=O)N[C@@H](CC(C)C)C(=O)N1CCC[C@H]1C(=O)N1CCC[C@H]1C(=O)N[C@@H]([C@@H](C)CC)C(=O)N2. The number of hydrogen-bond acceptors (Lipinski definition) is 21. The number of urea groups is 1. The monoisotopic (exact) mass is 1550 g/mol. The van der Waals surface area contributed by atoms with E-state index < -0.39 is 222 Å². The van der Waals surface area contributed by atoms with E-state index >= 15 is 14.4 Å². The second-order valence-electron chi connectivity index (χ2n) is 28.3. The molecule has 16 amide bonds. The maximum atomic E-state index is 15.2. The summed E-state index contributed by atoms with van der Waals surface area (Å²) in [6.07, 6.45) is 1.59. The number of carbonyl (C=O) groups is 16. The minimum Gasteiger partial charge on any atom is -0.481 e. The van der Waals surface area contributed by atoms with Gasteiger partial charge in [0.25, 0.3) is 0 Å². The van der Waals surface area contributed by atoms with Crippen LogP contribution in [0.3, 0.4) is 0 Å². The number of amides is 16. The van der Waals surface area contributed by atoms with Gasteiger partial charge in [-0.15, -0.1) is 0 Å². The topological polar surface area (TPSA) is 552 Å². The van der Waals surface area contributed by atoms with Crippen molar-refractivity contribution in [3.63, 3.8) is 0 Å². The zero-order valence-corrected chi connectivity index (χ0v) is 64.0. The number of carboxylic acids is 1. The van der Waals surface area contributed by atoms with Gasteiger partial charge in [0.2, 0.25) is 82.7 Å². The van der Waals surface area contributed by atoms with Crippen molar-refractivity contribution in [3.8, 4) is 0 Å². The van der Waals surface area contributed by atoms with Crippen LogP contribution in [0.4, 0.5) is 4.79 Å². The summed E-state index contributed by atoms with van der Waals surface area (Å²) in [7, 11) is 1.70. The molecule has 5 heterocycles. The lowest BCUT2D eigenvalue weighted by Gasteiger charge is -2.34. The highest BCUT2D eigenvalue weighted by atomic mass is 33.1. The molecule has 0 aromatic heterocycles. The number of aliphatic carboxylic acids is 1. The molecule has 39 heteroatoms. The van der Waals surface area contributed by atoms with Crippen LogP contribution in [0.15, 0.2) is 4.99 Å². The Kier molecular flexibility index (Phi) is 36.6. The highest BCUT2D eigenvalue weighted by Crippen LogP contribution is 2.29. The average Bonchev–Trinajstić information content (AvgIpc) is 1.69. The fourth-order valence-electron chi connectivity index (χ4n) is 13.1. The van der Waals surface area contributed by atoms with Gasteiger partial charge in [0.1, 0.15) is 78.5 Å². The van der Waals surface area contributed by atoms with Gasteiger partial charge in [0.05, 0.1) is 19.6 Å². The van der Waals surface area contributed by atoms with E-state index in [0.29, 0.717) is 19.3 Å². The Morgan fingerprint density at radius 3 is 1.46 bits per heavy atom. The number of carboxylic acid groups (broad SMARTS) is 1. The first-order valence-corrected chi connectivity index (χ1v) is 39.5. The number of aliphatic imine (C=N–C) groups is 1. The van der Waals surface area contributed by atoms with Crippen molar-refractivity contribution >= 4 is 122 Å². The Balaban J connectivity index is 1.67. The minimum absolute atomic E-state index is 0.00142. The predicted molar refractivity (Wildman–Crippen MR) is 393 cm³/mol. The third kappa shape index (κ3) is 26.6. The first kappa shape index (κ1) is 89.0. The van der Waals surface area contributed by atoms with Gasteiger partial charge in [-0.2, -0.15) is 0 Å². The van der Waals surface area contributed by atoms with Crippen LogP contribution in [0.5, 0.6) is 0 Å². The van der Waals surface area contributed by atoms with E-state index in [9.17, 15) is 77.6 Å². The average molecular weight is 1550 g/mol. The van der Waals surface area contributed by atoms with Crippen LogP contribution in [0.25, 0.3) is 0 Å². The highest BCUT2D eigenvalue weighted by Gasteiger charge is 2.47. The third-order valence-electron chi connectivity index (χ3n) is 19.8. The van der Waals surface area contributed by atoms with E-state index in [1.807, 2.05) is 0 Å². The first-order valence-electron chi connectivity index (χ1n) is 37.1. The van der Waals surface area contributed by atoms with Crippen molar-refractivity contribution in [2.75, 3.05) is 57.4 Å². The van der Waals surface area contributed by atoms with E-state index in [2.05, 4.69) is 68.8 Å². The van der Waals surface area contributed by atoms with Crippen molar-refractivity contribution in [1.29, 1.82) is 0 Å². The molecule has 0 unspecified atom stereocenters. The summed E-state index contributed by atoms with van der Waals surface area (Å²) >= 11 is 0. The predicted octanol–water partition coefficient (Wildman–Crippen LogP) is -3.70. The van der Waals surface area contributed by atoms with Crippen LogP contribution in [0, 0.1) is 23.7 Å². The number of nitrogens with two attached hydrogens (primary N) is 2. The number of rotatable bonds is 16. The van der Waals surface area contributed by atoms with Crippen LogP contribution < -0.4 is 75.3 Å². The molecule has 600 valence electrons. The molecule has 0 saturated carbocycles. The molecule has 2 bridgehead atoms. The molecule has 0 aromatic rings. The van der Waals surface area contributed by atoms with E-state index in [1.54, 1.807) is 55.4 Å². The summed E-state index contributed by atoms with van der Waals surface area (Å²) in [5, 5.41) is 62.0. The standard InChI is InChI=1S/C68H112N18O19S2/c1-9-36(6)51-62(100)79-45-34-107-106-33-44(78-63(101)52(37(7)10-2)83-68(105)80-49(89)23-13-12-14-24-71-54(92)40(30-50(90)91)74-60(98)46-20-17-27-85(46)66(104)53(38(8)11-3)82-59(45)97)58(96)77-42(31-87)56(94)73-39(19-15-25-72-67(69)70)55(93)76-43(32-88)57(95)75-41(29-35(4)5)64(102)86-28-18-22-48(86)65(103)84-26-16-21-47(84)61(99)81-51/h35-48,51-53,87-88H,9-34H2,1-8H3,(H,71,92)(H,73,94)(H,74,98)(H,75,95)(H,76,93)(H,77,96)(H,78,101)(H,79,100)(H,81,99)(H,82,97)(H,90,91)(H4,69,70,72)(H2,80,83,89,105)/t36-,37-,38-,39-,40-,41-,42-,43-,44-,45-,46-,47-,48-,51-,52-,53-/m0/s1. The molecule has 5 fully saturated rings. The van der Waals surface area contributed by atoms with Gasteiger partial charge >= 0.3 is 12.0 Å². The van der Waals surface area contributed by atoms with Crippen molar-refractivity contribution in [2.24, 2.45) is 40.1 Å². The van der Waals surface area contributed by atoms with Gasteiger partial charge in [-0.05, 0) is 94.3 Å². The molecule has 37 nitrogen and oxygen atoms in total. The van der Waals surface area contributed by atoms with E-state index in [-0.39, 0.29) is 128 Å². The summed E-state index contributed by atoms with van der Waals surface area (Å²) in [6, 6.07) is -20.5. The molecule has 16 atom stereocenters. The number of guanidine groups is 1. The zero-order valence-electron chi connectivity index (χ0n) is 62.3. The summed E-state index contributed by atoms with van der Waals surface area (Å²) < 4.78 is 0. The Hall–Kier alpha value is -8.59. The van der Waals surface area contributed by atoms with Crippen molar-refractivity contribution < 1.29 is 92.0 Å². The van der Waals surface area contributed by atoms with E-state index in [4.69, 9.17) is 11.5 Å². The number of imide groups is 1. The van der Waals surface area contributed by atoms with Gasteiger partial charge < -0.3 is 100.0 Å². The molecule has 0 spiro atoms. The molecule has 5 rings (SSSR count). The number of nitrogens with zero attached hydrogens (tertiary/aromatic N) is 4. The molecule has 107 heavy (non-hydrogen) atoms. The molecule has 19 N–H and O–H groups in total. The molecule has 5 aliphatic heterocycles. The second-order valence-corrected chi connectivity index (χ2v) is 30.9. The van der Waals surface area contributed by atoms with Crippen LogP contribution in [-0.2, 0) is 71.9 Å². The largest absolute Gasteiger partial charge is 0.481 e. The third-order valence-corrected chi connectivity index (χ3v) is 22.3. The van der Waals surface area contributed by atoms with Crippen LogP contribution in [0.1, 0.15) is 165 Å². The lowest BCUT2D eigenvalue weighted by atomic mass is 9.96. The number of aliphatic hydroxyl groups excluding tert-OH is 2. The first-order chi connectivity index (χ1) is 50.8. The molecule has 0 aromatic carbocycles.